The lowest BCUT2D eigenvalue weighted by atomic mass is 10.0. The third-order valence-corrected chi connectivity index (χ3v) is 2.57. The molecule has 0 saturated heterocycles. The van der Waals surface area contributed by atoms with Gasteiger partial charge in [0.1, 0.15) is 0 Å². The van der Waals surface area contributed by atoms with Crippen molar-refractivity contribution in [2.45, 2.75) is 19.4 Å². The van der Waals surface area contributed by atoms with Gasteiger partial charge in [-0.25, -0.2) is 0 Å². The van der Waals surface area contributed by atoms with E-state index in [1.807, 2.05) is 19.1 Å². The van der Waals surface area contributed by atoms with Gasteiger partial charge in [-0.3, -0.25) is 0 Å². The van der Waals surface area contributed by atoms with Gasteiger partial charge in [0.25, 0.3) is 0 Å². The van der Waals surface area contributed by atoms with Crippen LogP contribution in [0.25, 0.3) is 0 Å². The van der Waals surface area contributed by atoms with Crippen LogP contribution < -0.4 is 19.9 Å². The molecule has 0 fully saturated rings. The zero-order valence-electron chi connectivity index (χ0n) is 10.6. The molecular formula is C12H20ClNO3. The Kier molecular flexibility index (Phi) is 6.76. The topological polar surface area (TPSA) is 53.7 Å². The molecule has 1 atom stereocenters. The van der Waals surface area contributed by atoms with Crippen molar-refractivity contribution in [2.24, 2.45) is 5.73 Å². The van der Waals surface area contributed by atoms with Crippen molar-refractivity contribution in [3.63, 3.8) is 0 Å². The van der Waals surface area contributed by atoms with Crippen LogP contribution in [0.5, 0.6) is 17.2 Å². The highest BCUT2D eigenvalue weighted by Gasteiger charge is 2.18. The van der Waals surface area contributed by atoms with Crippen LogP contribution in [0, 0.1) is 0 Å². The van der Waals surface area contributed by atoms with Gasteiger partial charge in [-0.05, 0) is 18.6 Å². The fourth-order valence-corrected chi connectivity index (χ4v) is 1.64. The van der Waals surface area contributed by atoms with Crippen LogP contribution in [0.4, 0.5) is 0 Å². The molecule has 0 aliphatic carbocycles. The first-order valence-electron chi connectivity index (χ1n) is 5.24. The minimum Gasteiger partial charge on any atom is -0.493 e. The van der Waals surface area contributed by atoms with Gasteiger partial charge in [-0.1, -0.05) is 6.92 Å². The number of benzene rings is 1. The van der Waals surface area contributed by atoms with Crippen LogP contribution in [-0.4, -0.2) is 21.3 Å². The van der Waals surface area contributed by atoms with Crippen molar-refractivity contribution in [2.75, 3.05) is 21.3 Å². The summed E-state index contributed by atoms with van der Waals surface area (Å²) in [5.74, 6) is 1.88. The SMILES string of the molecule is CC[C@H](N)c1ccc(OC)c(OC)c1OC.Cl. The summed E-state index contributed by atoms with van der Waals surface area (Å²) in [5, 5.41) is 0. The predicted octanol–water partition coefficient (Wildman–Crippen LogP) is 2.54. The third kappa shape index (κ3) is 3.17. The molecule has 4 nitrogen and oxygen atoms in total. The standard InChI is InChI=1S/C12H19NO3.ClH/c1-5-9(13)8-6-7-10(14-2)12(16-4)11(8)15-3;/h6-7,9H,5,13H2,1-4H3;1H/t9-;/m0./s1. The van der Waals surface area contributed by atoms with E-state index >= 15 is 0 Å². The number of nitrogens with two attached hydrogens (primary N) is 1. The Morgan fingerprint density at radius 3 is 2.06 bits per heavy atom. The van der Waals surface area contributed by atoms with Gasteiger partial charge in [0.2, 0.25) is 5.75 Å². The van der Waals surface area contributed by atoms with Gasteiger partial charge in [0.15, 0.2) is 11.5 Å². The second-order valence-electron chi connectivity index (χ2n) is 3.44. The summed E-state index contributed by atoms with van der Waals surface area (Å²) in [7, 11) is 4.78. The first-order valence-corrected chi connectivity index (χ1v) is 5.24. The minimum atomic E-state index is -0.0604. The molecule has 0 aliphatic rings. The van der Waals surface area contributed by atoms with Gasteiger partial charge < -0.3 is 19.9 Å². The van der Waals surface area contributed by atoms with E-state index in [1.54, 1.807) is 21.3 Å². The average Bonchev–Trinajstić information content (AvgIpc) is 2.35. The van der Waals surface area contributed by atoms with E-state index in [0.717, 1.165) is 12.0 Å². The first kappa shape index (κ1) is 15.9. The molecule has 1 rings (SSSR count). The Morgan fingerprint density at radius 1 is 1.06 bits per heavy atom. The molecule has 0 saturated carbocycles. The maximum atomic E-state index is 6.01. The van der Waals surface area contributed by atoms with E-state index in [0.29, 0.717) is 17.2 Å². The molecule has 17 heavy (non-hydrogen) atoms. The van der Waals surface area contributed by atoms with Crippen molar-refractivity contribution in [1.29, 1.82) is 0 Å². The van der Waals surface area contributed by atoms with E-state index in [9.17, 15) is 0 Å². The zero-order valence-corrected chi connectivity index (χ0v) is 11.5. The summed E-state index contributed by atoms with van der Waals surface area (Å²) in [6.07, 6.45) is 0.839. The lowest BCUT2D eigenvalue weighted by Gasteiger charge is -2.18. The summed E-state index contributed by atoms with van der Waals surface area (Å²) < 4.78 is 15.8. The van der Waals surface area contributed by atoms with Gasteiger partial charge in [0.05, 0.1) is 21.3 Å². The van der Waals surface area contributed by atoms with Gasteiger partial charge in [-0.15, -0.1) is 12.4 Å². The van der Waals surface area contributed by atoms with Crippen molar-refractivity contribution in [1.82, 2.24) is 0 Å². The summed E-state index contributed by atoms with van der Waals surface area (Å²) in [6, 6.07) is 3.69. The van der Waals surface area contributed by atoms with E-state index < -0.39 is 0 Å². The monoisotopic (exact) mass is 261 g/mol. The highest BCUT2D eigenvalue weighted by molar-refractivity contribution is 5.85. The molecule has 0 bridgehead atoms. The molecule has 0 aliphatic heterocycles. The molecule has 0 aromatic heterocycles. The zero-order chi connectivity index (χ0) is 12.1. The van der Waals surface area contributed by atoms with E-state index in [4.69, 9.17) is 19.9 Å². The van der Waals surface area contributed by atoms with Crippen LogP contribution in [0.15, 0.2) is 12.1 Å². The number of hydrogen-bond acceptors (Lipinski definition) is 4. The van der Waals surface area contributed by atoms with Crippen LogP contribution in [0.2, 0.25) is 0 Å². The highest BCUT2D eigenvalue weighted by atomic mass is 35.5. The summed E-state index contributed by atoms with van der Waals surface area (Å²) in [6.45, 7) is 2.03. The predicted molar refractivity (Wildman–Crippen MR) is 70.6 cm³/mol. The van der Waals surface area contributed by atoms with Crippen LogP contribution in [0.1, 0.15) is 24.9 Å². The molecule has 1 aromatic carbocycles. The van der Waals surface area contributed by atoms with E-state index in [1.165, 1.54) is 0 Å². The molecule has 98 valence electrons. The van der Waals surface area contributed by atoms with Crippen LogP contribution in [0.3, 0.4) is 0 Å². The normalized spacial score (nSPS) is 11.4. The Hall–Kier alpha value is -1.13. The van der Waals surface area contributed by atoms with Gasteiger partial charge >= 0.3 is 0 Å². The summed E-state index contributed by atoms with van der Waals surface area (Å²) in [5.41, 5.74) is 6.94. The quantitative estimate of drug-likeness (QED) is 0.885. The lowest BCUT2D eigenvalue weighted by Crippen LogP contribution is -2.11. The number of rotatable bonds is 5. The molecule has 0 amide bonds. The molecular weight excluding hydrogens is 242 g/mol. The Bertz CT molecular complexity index is 358. The molecule has 1 aromatic rings. The molecule has 0 heterocycles. The highest BCUT2D eigenvalue weighted by Crippen LogP contribution is 2.41. The Balaban J connectivity index is 0.00000256. The molecule has 5 heteroatoms. The molecule has 2 N–H and O–H groups in total. The minimum absolute atomic E-state index is 0. The second kappa shape index (κ2) is 7.25. The fourth-order valence-electron chi connectivity index (χ4n) is 1.64. The molecule has 0 radical (unpaired) electrons. The largest absolute Gasteiger partial charge is 0.493 e. The Labute approximate surface area is 108 Å². The van der Waals surface area contributed by atoms with Crippen LogP contribution >= 0.6 is 12.4 Å². The smallest absolute Gasteiger partial charge is 0.203 e. The van der Waals surface area contributed by atoms with Crippen molar-refractivity contribution < 1.29 is 14.2 Å². The molecule has 0 unspecified atom stereocenters. The summed E-state index contributed by atoms with van der Waals surface area (Å²) in [4.78, 5) is 0. The van der Waals surface area contributed by atoms with Gasteiger partial charge in [0, 0.05) is 11.6 Å². The number of hydrogen-bond donors (Lipinski definition) is 1. The number of methoxy groups -OCH3 is 3. The number of halogens is 1. The lowest BCUT2D eigenvalue weighted by molar-refractivity contribution is 0.320. The molecule has 0 spiro atoms. The van der Waals surface area contributed by atoms with Crippen molar-refractivity contribution in [3.8, 4) is 17.2 Å². The van der Waals surface area contributed by atoms with Gasteiger partial charge in [-0.2, -0.15) is 0 Å². The average molecular weight is 262 g/mol. The maximum absolute atomic E-state index is 6.01. The summed E-state index contributed by atoms with van der Waals surface area (Å²) >= 11 is 0. The van der Waals surface area contributed by atoms with Crippen molar-refractivity contribution in [3.05, 3.63) is 17.7 Å². The number of ether oxygens (including phenoxy) is 3. The van der Waals surface area contributed by atoms with Crippen LogP contribution in [-0.2, 0) is 0 Å². The van der Waals surface area contributed by atoms with Crippen molar-refractivity contribution >= 4 is 12.4 Å². The Morgan fingerprint density at radius 2 is 1.65 bits per heavy atom. The maximum Gasteiger partial charge on any atom is 0.203 e. The first-order chi connectivity index (χ1) is 7.69. The second-order valence-corrected chi connectivity index (χ2v) is 3.44. The third-order valence-electron chi connectivity index (χ3n) is 2.57. The van der Waals surface area contributed by atoms with E-state index in [2.05, 4.69) is 0 Å². The van der Waals surface area contributed by atoms with E-state index in [-0.39, 0.29) is 18.4 Å². The fraction of sp³-hybridized carbons (Fsp3) is 0.500.